The average Bonchev–Trinajstić information content (AvgIpc) is 3.42. The van der Waals surface area contributed by atoms with Gasteiger partial charge in [0.1, 0.15) is 17.3 Å². The molecule has 0 radical (unpaired) electrons. The maximum Gasteiger partial charge on any atom is 0.167 e. The number of para-hydroxylation sites is 1. The van der Waals surface area contributed by atoms with Gasteiger partial charge in [-0.25, -0.2) is 19.9 Å². The molecule has 0 aliphatic heterocycles. The van der Waals surface area contributed by atoms with Crippen molar-refractivity contribution >= 4 is 37.7 Å². The minimum Gasteiger partial charge on any atom is -0.456 e. The van der Waals surface area contributed by atoms with Crippen LogP contribution in [0.5, 0.6) is 11.5 Å². The van der Waals surface area contributed by atoms with Crippen molar-refractivity contribution in [1.82, 2.24) is 24.5 Å². The van der Waals surface area contributed by atoms with Gasteiger partial charge in [-0.2, -0.15) is 0 Å². The Kier molecular flexibility index (Phi) is 6.85. The summed E-state index contributed by atoms with van der Waals surface area (Å²) in [6.07, 6.45) is 1.81. The van der Waals surface area contributed by atoms with E-state index in [9.17, 15) is 0 Å². The number of pyridine rings is 1. The molecule has 6 nitrogen and oxygen atoms in total. The van der Waals surface area contributed by atoms with Crippen molar-refractivity contribution in [2.24, 2.45) is 0 Å². The summed E-state index contributed by atoms with van der Waals surface area (Å²) in [6, 6.07) is 46.2. The molecule has 3 aromatic heterocycles. The highest BCUT2D eigenvalue weighted by Crippen LogP contribution is 2.41. The van der Waals surface area contributed by atoms with Crippen molar-refractivity contribution in [3.05, 3.63) is 150 Å². The minimum atomic E-state index is 0.518. The molecule has 5 aromatic carbocycles. The second-order valence-corrected chi connectivity index (χ2v) is 11.4. The summed E-state index contributed by atoms with van der Waals surface area (Å²) in [5.41, 5.74) is 4.57. The van der Waals surface area contributed by atoms with Crippen LogP contribution in [0.3, 0.4) is 0 Å². The molecule has 8 aromatic rings. The lowest BCUT2D eigenvalue weighted by molar-refractivity contribution is 0.484. The van der Waals surface area contributed by atoms with Crippen molar-refractivity contribution in [3.63, 3.8) is 0 Å². The molecule has 8 rings (SSSR count). The fourth-order valence-corrected chi connectivity index (χ4v) is 5.95. The van der Waals surface area contributed by atoms with E-state index < -0.39 is 0 Å². The molecule has 0 bridgehead atoms. The molecule has 45 heavy (non-hydrogen) atoms. The van der Waals surface area contributed by atoms with Crippen molar-refractivity contribution in [1.29, 1.82) is 0 Å². The van der Waals surface area contributed by atoms with Crippen molar-refractivity contribution in [2.45, 2.75) is 0 Å². The quantitative estimate of drug-likeness (QED) is 0.180. The van der Waals surface area contributed by atoms with Gasteiger partial charge in [0.15, 0.2) is 17.5 Å². The largest absolute Gasteiger partial charge is 0.456 e. The molecule has 3 heterocycles. The molecule has 0 saturated heterocycles. The molecule has 0 unspecified atom stereocenters. The van der Waals surface area contributed by atoms with Crippen molar-refractivity contribution in [3.8, 4) is 51.5 Å². The van der Waals surface area contributed by atoms with Gasteiger partial charge < -0.3 is 4.74 Å². The zero-order valence-electron chi connectivity index (χ0n) is 23.9. The number of benzene rings is 5. The number of ether oxygens (including phenoxy) is 1. The Labute approximate surface area is 267 Å². The van der Waals surface area contributed by atoms with Crippen LogP contribution in [-0.2, 0) is 0 Å². The van der Waals surface area contributed by atoms with Crippen molar-refractivity contribution < 1.29 is 4.74 Å². The number of halogens is 1. The SMILES string of the molecule is Brc1cccc(Oc2cc3c(cc2-c2nc(-c4ccccc4)nc(-c4ccccc4)n2)c2ccccc2n3-c2ccccn2)c1. The van der Waals surface area contributed by atoms with Gasteiger partial charge in [0.25, 0.3) is 0 Å². The first-order valence-electron chi connectivity index (χ1n) is 14.5. The van der Waals surface area contributed by atoms with E-state index in [0.717, 1.165) is 48.8 Å². The van der Waals surface area contributed by atoms with E-state index in [1.165, 1.54) is 0 Å². The normalized spacial score (nSPS) is 11.2. The van der Waals surface area contributed by atoms with Crippen LogP contribution in [0, 0.1) is 0 Å². The van der Waals surface area contributed by atoms with Crippen LogP contribution in [0.4, 0.5) is 0 Å². The van der Waals surface area contributed by atoms with Gasteiger partial charge in [-0.05, 0) is 42.5 Å². The van der Waals surface area contributed by atoms with Gasteiger partial charge in [-0.15, -0.1) is 0 Å². The van der Waals surface area contributed by atoms with Crippen LogP contribution >= 0.6 is 15.9 Å². The fraction of sp³-hybridized carbons (Fsp3) is 0. The third-order valence-corrected chi connectivity index (χ3v) is 8.11. The average molecular weight is 647 g/mol. The monoisotopic (exact) mass is 645 g/mol. The minimum absolute atomic E-state index is 0.518. The fourth-order valence-electron chi connectivity index (χ4n) is 5.57. The molecule has 0 spiro atoms. The van der Waals surface area contributed by atoms with E-state index >= 15 is 0 Å². The lowest BCUT2D eigenvalue weighted by Crippen LogP contribution is -2.02. The van der Waals surface area contributed by atoms with Crippen LogP contribution in [0.25, 0.3) is 61.8 Å². The molecule has 0 fully saturated rings. The van der Waals surface area contributed by atoms with Gasteiger partial charge in [0, 0.05) is 38.6 Å². The van der Waals surface area contributed by atoms with E-state index in [4.69, 9.17) is 24.7 Å². The summed E-state index contributed by atoms with van der Waals surface area (Å²) in [6.45, 7) is 0. The molecule has 0 aliphatic rings. The van der Waals surface area contributed by atoms with E-state index in [-0.39, 0.29) is 0 Å². The van der Waals surface area contributed by atoms with E-state index in [2.05, 4.69) is 50.8 Å². The van der Waals surface area contributed by atoms with Crippen LogP contribution in [-0.4, -0.2) is 24.5 Å². The number of rotatable bonds is 6. The number of fused-ring (bicyclic) bond motifs is 3. The molecule has 0 aliphatic carbocycles. The maximum absolute atomic E-state index is 6.67. The molecular weight excluding hydrogens is 622 g/mol. The topological polar surface area (TPSA) is 65.7 Å². The Morgan fingerprint density at radius 1 is 0.533 bits per heavy atom. The van der Waals surface area contributed by atoms with E-state index in [1.807, 2.05) is 115 Å². The summed E-state index contributed by atoms with van der Waals surface area (Å²) in [5, 5.41) is 2.13. The molecule has 0 atom stereocenters. The highest BCUT2D eigenvalue weighted by Gasteiger charge is 2.21. The second kappa shape index (κ2) is 11.4. The van der Waals surface area contributed by atoms with E-state index in [0.29, 0.717) is 29.0 Å². The zero-order chi connectivity index (χ0) is 30.2. The molecule has 0 N–H and O–H groups in total. The van der Waals surface area contributed by atoms with Gasteiger partial charge in [0.2, 0.25) is 0 Å². The van der Waals surface area contributed by atoms with Gasteiger partial charge in [-0.1, -0.05) is 107 Å². The first kappa shape index (κ1) is 26.9. The third-order valence-electron chi connectivity index (χ3n) is 7.62. The van der Waals surface area contributed by atoms with Crippen LogP contribution in [0.15, 0.2) is 150 Å². The first-order valence-corrected chi connectivity index (χ1v) is 15.3. The molecule has 214 valence electrons. The van der Waals surface area contributed by atoms with Gasteiger partial charge in [0.05, 0.1) is 16.6 Å². The first-order chi connectivity index (χ1) is 22.2. The lowest BCUT2D eigenvalue weighted by atomic mass is 10.1. The molecular formula is C38H24BrN5O. The molecule has 7 heteroatoms. The Morgan fingerprint density at radius 3 is 1.89 bits per heavy atom. The van der Waals surface area contributed by atoms with Gasteiger partial charge in [-0.3, -0.25) is 4.57 Å². The molecule has 0 amide bonds. The highest BCUT2D eigenvalue weighted by atomic mass is 79.9. The predicted molar refractivity (Wildman–Crippen MR) is 182 cm³/mol. The standard InChI is InChI=1S/C38H24BrN5O/c39-27-16-11-17-28(22-27)45-34-24-33-30(29-18-7-8-19-32(29)44(33)35-20-9-10-21-40-35)23-31(34)38-42-36(25-12-3-1-4-13-25)41-37(43-38)26-14-5-2-6-15-26/h1-24H. The summed E-state index contributed by atoms with van der Waals surface area (Å²) >= 11 is 3.59. The van der Waals surface area contributed by atoms with E-state index in [1.54, 1.807) is 0 Å². The summed E-state index contributed by atoms with van der Waals surface area (Å²) in [7, 11) is 0. The van der Waals surface area contributed by atoms with Crippen LogP contribution < -0.4 is 4.74 Å². The Balaban J connectivity index is 1.44. The number of hydrogen-bond donors (Lipinski definition) is 0. The highest BCUT2D eigenvalue weighted by molar-refractivity contribution is 9.10. The second-order valence-electron chi connectivity index (χ2n) is 10.5. The van der Waals surface area contributed by atoms with Crippen LogP contribution in [0.2, 0.25) is 0 Å². The van der Waals surface area contributed by atoms with Gasteiger partial charge >= 0.3 is 0 Å². The third kappa shape index (κ3) is 5.13. The predicted octanol–water partition coefficient (Wildman–Crippen LogP) is 9.92. The lowest BCUT2D eigenvalue weighted by Gasteiger charge is -2.14. The Morgan fingerprint density at radius 2 is 1.20 bits per heavy atom. The summed E-state index contributed by atoms with van der Waals surface area (Å²) in [4.78, 5) is 19.7. The Bertz CT molecular complexity index is 2250. The number of hydrogen-bond acceptors (Lipinski definition) is 5. The van der Waals surface area contributed by atoms with Crippen LogP contribution in [0.1, 0.15) is 0 Å². The summed E-state index contributed by atoms with van der Waals surface area (Å²) < 4.78 is 9.75. The number of aromatic nitrogens is 5. The van der Waals surface area contributed by atoms with Crippen molar-refractivity contribution in [2.75, 3.05) is 0 Å². The smallest absolute Gasteiger partial charge is 0.167 e. The summed E-state index contributed by atoms with van der Waals surface area (Å²) in [5.74, 6) is 3.82. The molecule has 0 saturated carbocycles. The maximum atomic E-state index is 6.67. The Hall–Kier alpha value is -5.66. The zero-order valence-corrected chi connectivity index (χ0v) is 25.5. The number of nitrogens with zero attached hydrogens (tertiary/aromatic N) is 5.